The molecule has 3 aromatic carbocycles. The second kappa shape index (κ2) is 11.9. The number of hydrogen-bond acceptors (Lipinski definition) is 4. The summed E-state index contributed by atoms with van der Waals surface area (Å²) >= 11 is 1.43. The summed E-state index contributed by atoms with van der Waals surface area (Å²) in [6.45, 7) is 11.4. The second-order valence-electron chi connectivity index (χ2n) is 12.2. The summed E-state index contributed by atoms with van der Waals surface area (Å²) in [5.41, 5.74) is 8.81. The normalized spacial score (nSPS) is 15.7. The smallest absolute Gasteiger partial charge is 0.266 e. The summed E-state index contributed by atoms with van der Waals surface area (Å²) in [5, 5.41) is 1.86. The van der Waals surface area contributed by atoms with Crippen molar-refractivity contribution >= 4 is 45.5 Å². The van der Waals surface area contributed by atoms with Crippen molar-refractivity contribution in [3.63, 3.8) is 0 Å². The van der Waals surface area contributed by atoms with Crippen LogP contribution >= 0.6 is 11.8 Å². The predicted octanol–water partition coefficient (Wildman–Crippen LogP) is 8.73. The Labute approximate surface area is 263 Å². The van der Waals surface area contributed by atoms with Crippen molar-refractivity contribution in [1.29, 1.82) is 0 Å². The number of aromatic amines is 1. The van der Waals surface area contributed by atoms with Crippen LogP contribution in [0.25, 0.3) is 22.7 Å². The SMILES string of the molecule is COc1ccc(N=C2S/C(=C\c3cc(C)n(-c4ccc(C(C)(C)C)cc4)c3C)C(=O)N2CCc2c[nH]c3ccccc23)cc1. The van der Waals surface area contributed by atoms with Gasteiger partial charge in [-0.05, 0) is 109 Å². The van der Waals surface area contributed by atoms with Crippen LogP contribution in [0.3, 0.4) is 0 Å². The molecule has 6 nitrogen and oxygen atoms in total. The van der Waals surface area contributed by atoms with E-state index in [4.69, 9.17) is 9.73 Å². The number of hydrogen-bond donors (Lipinski definition) is 1. The summed E-state index contributed by atoms with van der Waals surface area (Å²) in [6.07, 6.45) is 4.77. The number of carbonyl (C=O) groups excluding carboxylic acids is 1. The van der Waals surface area contributed by atoms with Crippen LogP contribution in [0, 0.1) is 13.8 Å². The van der Waals surface area contributed by atoms with E-state index >= 15 is 0 Å². The zero-order chi connectivity index (χ0) is 31.0. The molecule has 1 fully saturated rings. The molecule has 2 aromatic heterocycles. The molecule has 44 heavy (non-hydrogen) atoms. The Hall–Kier alpha value is -4.49. The first kappa shape index (κ1) is 29.6. The molecule has 5 aromatic rings. The lowest BCUT2D eigenvalue weighted by atomic mass is 9.87. The van der Waals surface area contributed by atoms with Crippen LogP contribution in [-0.4, -0.2) is 39.2 Å². The molecule has 0 bridgehead atoms. The molecule has 3 heterocycles. The number of aliphatic imine (C=N–C) groups is 1. The Bertz CT molecular complexity index is 1890. The average Bonchev–Trinajstić information content (AvgIpc) is 3.64. The van der Waals surface area contributed by atoms with Gasteiger partial charge in [-0.15, -0.1) is 0 Å². The van der Waals surface area contributed by atoms with Crippen molar-refractivity contribution < 1.29 is 9.53 Å². The fraction of sp³-hybridized carbons (Fsp3) is 0.243. The number of rotatable bonds is 7. The Morgan fingerprint density at radius 1 is 0.977 bits per heavy atom. The first-order chi connectivity index (χ1) is 21.1. The molecule has 0 aliphatic carbocycles. The zero-order valence-electron chi connectivity index (χ0n) is 26.1. The zero-order valence-corrected chi connectivity index (χ0v) is 27.0. The highest BCUT2D eigenvalue weighted by atomic mass is 32.2. The highest BCUT2D eigenvalue weighted by molar-refractivity contribution is 8.18. The lowest BCUT2D eigenvalue weighted by Crippen LogP contribution is -2.31. The summed E-state index contributed by atoms with van der Waals surface area (Å²) in [4.78, 5) is 24.7. The van der Waals surface area contributed by atoms with Gasteiger partial charge in [-0.1, -0.05) is 51.1 Å². The number of fused-ring (bicyclic) bond motifs is 1. The molecule has 1 aliphatic rings. The molecule has 0 radical (unpaired) electrons. The molecular weight excluding hydrogens is 565 g/mol. The predicted molar refractivity (Wildman–Crippen MR) is 183 cm³/mol. The van der Waals surface area contributed by atoms with E-state index in [9.17, 15) is 4.79 Å². The molecule has 0 spiro atoms. The number of amides is 1. The fourth-order valence-corrected chi connectivity index (χ4v) is 6.72. The van der Waals surface area contributed by atoms with Gasteiger partial charge < -0.3 is 14.3 Å². The van der Waals surface area contributed by atoms with Gasteiger partial charge >= 0.3 is 0 Å². The molecule has 6 rings (SSSR count). The van der Waals surface area contributed by atoms with Gasteiger partial charge in [0.2, 0.25) is 0 Å². The molecular formula is C37H38N4O2S. The van der Waals surface area contributed by atoms with Gasteiger partial charge in [-0.3, -0.25) is 9.69 Å². The van der Waals surface area contributed by atoms with Gasteiger partial charge in [0.1, 0.15) is 5.75 Å². The van der Waals surface area contributed by atoms with E-state index < -0.39 is 0 Å². The molecule has 0 atom stereocenters. The topological polar surface area (TPSA) is 62.6 Å². The van der Waals surface area contributed by atoms with Gasteiger partial charge in [-0.2, -0.15) is 0 Å². The largest absolute Gasteiger partial charge is 0.497 e. The Morgan fingerprint density at radius 2 is 1.70 bits per heavy atom. The number of para-hydroxylation sites is 1. The molecule has 1 N–H and O–H groups in total. The van der Waals surface area contributed by atoms with Crippen molar-refractivity contribution in [3.05, 3.63) is 118 Å². The maximum atomic E-state index is 14.0. The van der Waals surface area contributed by atoms with E-state index in [0.29, 0.717) is 23.0 Å². The van der Waals surface area contributed by atoms with Crippen LogP contribution in [0.15, 0.2) is 95.0 Å². The molecule has 1 amide bonds. The Kier molecular flexibility index (Phi) is 7.99. The van der Waals surface area contributed by atoms with E-state index in [2.05, 4.69) is 86.6 Å². The summed E-state index contributed by atoms with van der Waals surface area (Å²) in [5.74, 6) is 0.741. The second-order valence-corrected chi connectivity index (χ2v) is 13.2. The number of H-pyrrole nitrogens is 1. The lowest BCUT2D eigenvalue weighted by molar-refractivity contribution is -0.122. The minimum absolute atomic E-state index is 0.0264. The van der Waals surface area contributed by atoms with Crippen molar-refractivity contribution in [2.75, 3.05) is 13.7 Å². The molecule has 224 valence electrons. The van der Waals surface area contributed by atoms with Gasteiger partial charge in [-0.25, -0.2) is 4.99 Å². The number of aromatic nitrogens is 2. The van der Waals surface area contributed by atoms with Gasteiger partial charge in [0.15, 0.2) is 5.17 Å². The van der Waals surface area contributed by atoms with Crippen LogP contribution < -0.4 is 4.74 Å². The standard InChI is InChI=1S/C37H38N4O2S/c1-24-21-27(25(2)41(24)30-15-11-28(12-16-30)37(3,4)5)22-34-35(42)40(20-19-26-23-38-33-10-8-7-9-32(26)33)36(44-34)39-29-13-17-31(43-6)18-14-29/h7-18,21-23,38H,19-20H2,1-6H3/b34-22-,39-36?. The third-order valence-corrected chi connectivity index (χ3v) is 9.22. The number of amidine groups is 1. The van der Waals surface area contributed by atoms with Crippen molar-refractivity contribution in [1.82, 2.24) is 14.5 Å². The van der Waals surface area contributed by atoms with Crippen LogP contribution in [-0.2, 0) is 16.6 Å². The maximum Gasteiger partial charge on any atom is 0.266 e. The van der Waals surface area contributed by atoms with Crippen LogP contribution in [0.5, 0.6) is 5.75 Å². The number of carbonyl (C=O) groups is 1. The minimum Gasteiger partial charge on any atom is -0.497 e. The van der Waals surface area contributed by atoms with E-state index in [1.165, 1.54) is 28.3 Å². The number of benzene rings is 3. The van der Waals surface area contributed by atoms with Gasteiger partial charge in [0, 0.05) is 40.7 Å². The van der Waals surface area contributed by atoms with Crippen molar-refractivity contribution in [3.8, 4) is 11.4 Å². The van der Waals surface area contributed by atoms with Crippen molar-refractivity contribution in [2.24, 2.45) is 4.99 Å². The Balaban J connectivity index is 1.32. The number of nitrogens with zero attached hydrogens (tertiary/aromatic N) is 3. The summed E-state index contributed by atoms with van der Waals surface area (Å²) in [7, 11) is 1.65. The first-order valence-corrected chi connectivity index (χ1v) is 15.7. The molecule has 7 heteroatoms. The van der Waals surface area contributed by atoms with E-state index in [0.717, 1.165) is 39.6 Å². The number of thioether (sulfide) groups is 1. The third kappa shape index (κ3) is 5.84. The Morgan fingerprint density at radius 3 is 2.41 bits per heavy atom. The van der Waals surface area contributed by atoms with E-state index in [1.54, 1.807) is 7.11 Å². The molecule has 0 unspecified atom stereocenters. The maximum absolute atomic E-state index is 14.0. The highest BCUT2D eigenvalue weighted by Gasteiger charge is 2.33. The van der Waals surface area contributed by atoms with Gasteiger partial charge in [0.05, 0.1) is 17.7 Å². The molecule has 1 saturated heterocycles. The van der Waals surface area contributed by atoms with E-state index in [1.807, 2.05) is 53.6 Å². The average molecular weight is 603 g/mol. The lowest BCUT2D eigenvalue weighted by Gasteiger charge is -2.20. The van der Waals surface area contributed by atoms with Crippen molar-refractivity contribution in [2.45, 2.75) is 46.5 Å². The molecule has 0 saturated carbocycles. The first-order valence-electron chi connectivity index (χ1n) is 14.9. The monoisotopic (exact) mass is 602 g/mol. The van der Waals surface area contributed by atoms with Crippen LogP contribution in [0.2, 0.25) is 0 Å². The highest BCUT2D eigenvalue weighted by Crippen LogP contribution is 2.36. The quantitative estimate of drug-likeness (QED) is 0.190. The fourth-order valence-electron chi connectivity index (χ4n) is 5.71. The van der Waals surface area contributed by atoms with Gasteiger partial charge in [0.25, 0.3) is 5.91 Å². The number of nitrogens with one attached hydrogen (secondary N) is 1. The minimum atomic E-state index is -0.0264. The molecule has 1 aliphatic heterocycles. The summed E-state index contributed by atoms with van der Waals surface area (Å²) in [6, 6.07) is 26.8. The number of aryl methyl sites for hydroxylation is 1. The summed E-state index contributed by atoms with van der Waals surface area (Å²) < 4.78 is 7.57. The van der Waals surface area contributed by atoms with Crippen LogP contribution in [0.1, 0.15) is 48.8 Å². The van der Waals surface area contributed by atoms with E-state index in [-0.39, 0.29) is 11.3 Å². The third-order valence-electron chi connectivity index (χ3n) is 8.21. The van der Waals surface area contributed by atoms with Crippen LogP contribution in [0.4, 0.5) is 5.69 Å². The number of ether oxygens (including phenoxy) is 1. The number of methoxy groups -OCH3 is 1.